The molecule has 3 saturated heterocycles. The molecule has 5 rings (SSSR count). The molecule has 0 saturated carbocycles. The van der Waals surface area contributed by atoms with Crippen molar-refractivity contribution in [2.75, 3.05) is 26.2 Å². The van der Waals surface area contributed by atoms with Crippen LogP contribution in [-0.4, -0.2) is 65.6 Å². The van der Waals surface area contributed by atoms with Gasteiger partial charge in [0.25, 0.3) is 11.8 Å². The third-order valence-electron chi connectivity index (χ3n) is 6.66. The van der Waals surface area contributed by atoms with E-state index in [2.05, 4.69) is 15.5 Å². The zero-order valence-corrected chi connectivity index (χ0v) is 16.1. The Balaban J connectivity index is 1.33. The highest BCUT2D eigenvalue weighted by atomic mass is 16.2. The first kappa shape index (κ1) is 18.4. The summed E-state index contributed by atoms with van der Waals surface area (Å²) in [5.41, 5.74) is 1.69. The molecule has 1 aromatic carbocycles. The summed E-state index contributed by atoms with van der Waals surface area (Å²) in [5, 5.41) is 5.68. The molecular formula is C21H24N4O4. The third-order valence-corrected chi connectivity index (χ3v) is 6.66. The quantitative estimate of drug-likeness (QED) is 0.705. The molecule has 3 fully saturated rings. The van der Waals surface area contributed by atoms with E-state index in [4.69, 9.17) is 0 Å². The van der Waals surface area contributed by atoms with E-state index in [1.807, 2.05) is 6.07 Å². The van der Waals surface area contributed by atoms with E-state index in [0.717, 1.165) is 49.1 Å². The van der Waals surface area contributed by atoms with Crippen molar-refractivity contribution in [1.82, 2.24) is 20.4 Å². The Hall–Kier alpha value is -2.58. The molecule has 0 aromatic heterocycles. The zero-order valence-electron chi connectivity index (χ0n) is 16.1. The van der Waals surface area contributed by atoms with Crippen molar-refractivity contribution in [3.8, 4) is 0 Å². The lowest BCUT2D eigenvalue weighted by Crippen LogP contribution is -2.54. The number of carbonyl (C=O) groups excluding carboxylic acids is 4. The molecule has 4 aliphatic heterocycles. The number of likely N-dealkylation sites (tertiary alicyclic amines) is 1. The second-order valence-electron chi connectivity index (χ2n) is 8.53. The van der Waals surface area contributed by atoms with E-state index in [9.17, 15) is 19.2 Å². The first-order valence-electron chi connectivity index (χ1n) is 10.3. The van der Waals surface area contributed by atoms with Gasteiger partial charge in [0.2, 0.25) is 11.8 Å². The number of nitrogens with one attached hydrogen (secondary N) is 2. The predicted molar refractivity (Wildman–Crippen MR) is 103 cm³/mol. The van der Waals surface area contributed by atoms with Gasteiger partial charge in [-0.2, -0.15) is 0 Å². The molecular weight excluding hydrogens is 372 g/mol. The highest BCUT2D eigenvalue weighted by Gasteiger charge is 2.44. The maximum Gasteiger partial charge on any atom is 0.262 e. The van der Waals surface area contributed by atoms with Crippen LogP contribution in [0, 0.1) is 11.8 Å². The number of hydrogen-bond acceptors (Lipinski definition) is 6. The topological polar surface area (TPSA) is 98.8 Å². The minimum atomic E-state index is -0.919. The number of hydrogen-bond donors (Lipinski definition) is 2. The lowest BCUT2D eigenvalue weighted by Gasteiger charge is -2.27. The van der Waals surface area contributed by atoms with Gasteiger partial charge >= 0.3 is 0 Å². The molecule has 4 heterocycles. The molecule has 8 heteroatoms. The molecule has 0 aliphatic carbocycles. The van der Waals surface area contributed by atoms with Gasteiger partial charge < -0.3 is 5.32 Å². The van der Waals surface area contributed by atoms with Crippen molar-refractivity contribution in [2.24, 2.45) is 11.8 Å². The van der Waals surface area contributed by atoms with Crippen LogP contribution in [0.4, 0.5) is 0 Å². The first-order valence-corrected chi connectivity index (χ1v) is 10.3. The normalized spacial score (nSPS) is 29.8. The van der Waals surface area contributed by atoms with Gasteiger partial charge in [-0.05, 0) is 55.5 Å². The number of carbonyl (C=O) groups is 4. The Labute approximate surface area is 168 Å². The molecule has 4 amide bonds. The van der Waals surface area contributed by atoms with Crippen LogP contribution in [0.2, 0.25) is 0 Å². The third kappa shape index (κ3) is 3.16. The minimum Gasteiger partial charge on any atom is -0.316 e. The maximum absolute atomic E-state index is 12.9. The summed E-state index contributed by atoms with van der Waals surface area (Å²) in [6, 6.07) is 4.47. The second-order valence-corrected chi connectivity index (χ2v) is 8.53. The summed E-state index contributed by atoms with van der Waals surface area (Å²) in [5.74, 6) is -0.429. The van der Waals surface area contributed by atoms with E-state index < -0.39 is 23.8 Å². The molecule has 1 aromatic rings. The Kier molecular flexibility index (Phi) is 4.48. The van der Waals surface area contributed by atoms with Crippen molar-refractivity contribution in [1.29, 1.82) is 0 Å². The first-order chi connectivity index (χ1) is 14.0. The molecule has 29 heavy (non-hydrogen) atoms. The van der Waals surface area contributed by atoms with Crippen LogP contribution in [0.3, 0.4) is 0 Å². The molecule has 152 valence electrons. The van der Waals surface area contributed by atoms with E-state index >= 15 is 0 Å². The standard InChI is InChI=1S/C21H24N4O4/c26-18-4-3-17(19(27)23-18)25-20(28)15-2-1-12(7-16(15)21(25)29)9-24-10-13-5-6-22-8-14(13)11-24/h1-2,7,13-14,17,22H,3-6,8-11H2,(H,23,26,27)/t13-,14+,17?/m1/s1. The van der Waals surface area contributed by atoms with Crippen LogP contribution < -0.4 is 10.6 Å². The maximum atomic E-state index is 12.9. The molecule has 2 N–H and O–H groups in total. The highest BCUT2D eigenvalue weighted by molar-refractivity contribution is 6.23. The van der Waals surface area contributed by atoms with E-state index in [0.29, 0.717) is 17.0 Å². The van der Waals surface area contributed by atoms with Crippen molar-refractivity contribution < 1.29 is 19.2 Å². The van der Waals surface area contributed by atoms with Gasteiger partial charge in [0.15, 0.2) is 0 Å². The summed E-state index contributed by atoms with van der Waals surface area (Å²) in [6.07, 6.45) is 1.51. The Morgan fingerprint density at radius 1 is 0.966 bits per heavy atom. The van der Waals surface area contributed by atoms with Crippen molar-refractivity contribution in [2.45, 2.75) is 31.8 Å². The number of nitrogens with zero attached hydrogens (tertiary/aromatic N) is 2. The summed E-state index contributed by atoms with van der Waals surface area (Å²) < 4.78 is 0. The number of fused-ring (bicyclic) bond motifs is 2. The number of piperidine rings is 2. The molecule has 0 bridgehead atoms. The summed E-state index contributed by atoms with van der Waals surface area (Å²) in [7, 11) is 0. The van der Waals surface area contributed by atoms with E-state index in [1.54, 1.807) is 12.1 Å². The summed E-state index contributed by atoms with van der Waals surface area (Å²) >= 11 is 0. The molecule has 8 nitrogen and oxygen atoms in total. The van der Waals surface area contributed by atoms with Crippen LogP contribution in [0.1, 0.15) is 45.5 Å². The van der Waals surface area contributed by atoms with Gasteiger partial charge in [0.1, 0.15) is 6.04 Å². The molecule has 3 atom stereocenters. The van der Waals surface area contributed by atoms with Gasteiger partial charge in [-0.15, -0.1) is 0 Å². The van der Waals surface area contributed by atoms with Gasteiger partial charge in [0.05, 0.1) is 11.1 Å². The average Bonchev–Trinajstić information content (AvgIpc) is 3.21. The van der Waals surface area contributed by atoms with Crippen LogP contribution in [-0.2, 0) is 16.1 Å². The van der Waals surface area contributed by atoms with Gasteiger partial charge in [0, 0.05) is 26.1 Å². The monoisotopic (exact) mass is 396 g/mol. The largest absolute Gasteiger partial charge is 0.316 e. The molecule has 4 aliphatic rings. The zero-order chi connectivity index (χ0) is 20.1. The fourth-order valence-corrected chi connectivity index (χ4v) is 5.17. The van der Waals surface area contributed by atoms with Crippen molar-refractivity contribution in [3.63, 3.8) is 0 Å². The Morgan fingerprint density at radius 3 is 2.55 bits per heavy atom. The van der Waals surface area contributed by atoms with Gasteiger partial charge in [-0.1, -0.05) is 6.07 Å². The van der Waals surface area contributed by atoms with Crippen LogP contribution >= 0.6 is 0 Å². The fourth-order valence-electron chi connectivity index (χ4n) is 5.17. The predicted octanol–water partition coefficient (Wildman–Crippen LogP) is 0.129. The smallest absolute Gasteiger partial charge is 0.262 e. The Morgan fingerprint density at radius 2 is 1.76 bits per heavy atom. The second kappa shape index (κ2) is 7.03. The van der Waals surface area contributed by atoms with Crippen molar-refractivity contribution >= 4 is 23.6 Å². The van der Waals surface area contributed by atoms with E-state index in [-0.39, 0.29) is 18.7 Å². The van der Waals surface area contributed by atoms with Crippen molar-refractivity contribution in [3.05, 3.63) is 34.9 Å². The minimum absolute atomic E-state index is 0.126. The van der Waals surface area contributed by atoms with Gasteiger partial charge in [-0.3, -0.25) is 34.3 Å². The highest BCUT2D eigenvalue weighted by Crippen LogP contribution is 2.31. The molecule has 1 unspecified atom stereocenters. The summed E-state index contributed by atoms with van der Waals surface area (Å²) in [6.45, 7) is 5.02. The Bertz CT molecular complexity index is 900. The fraction of sp³-hybridized carbons (Fsp3) is 0.524. The van der Waals surface area contributed by atoms with Crippen LogP contribution in [0.15, 0.2) is 18.2 Å². The van der Waals surface area contributed by atoms with E-state index in [1.165, 1.54) is 6.42 Å². The molecule has 0 radical (unpaired) electrons. The van der Waals surface area contributed by atoms with Gasteiger partial charge in [-0.25, -0.2) is 0 Å². The lowest BCUT2D eigenvalue weighted by molar-refractivity contribution is -0.136. The van der Waals surface area contributed by atoms with Crippen LogP contribution in [0.25, 0.3) is 0 Å². The lowest BCUT2D eigenvalue weighted by atomic mass is 9.90. The number of amides is 4. The summed E-state index contributed by atoms with van der Waals surface area (Å²) in [4.78, 5) is 52.7. The molecule has 0 spiro atoms. The number of imide groups is 2. The average molecular weight is 396 g/mol. The number of rotatable bonds is 3. The number of benzene rings is 1. The SMILES string of the molecule is O=C1CCC(N2C(=O)c3ccc(CN4C[C@H]5CCNC[C@H]5C4)cc3C2=O)C(=O)N1. The van der Waals surface area contributed by atoms with Crippen LogP contribution in [0.5, 0.6) is 0 Å².